The molecule has 0 radical (unpaired) electrons. The van der Waals surface area contributed by atoms with Gasteiger partial charge in [0.2, 0.25) is 0 Å². The SMILES string of the molecule is OC(c1ccccc1C1CCC1)C1CSc2ccccc21. The third-order valence-electron chi connectivity index (χ3n) is 4.98. The molecule has 1 heterocycles. The van der Waals surface area contributed by atoms with E-state index in [-0.39, 0.29) is 12.0 Å². The zero-order valence-electron chi connectivity index (χ0n) is 12.0. The standard InChI is InChI=1S/C19H20OS/c20-19(17-12-21-18-11-4-3-9-15(17)18)16-10-2-1-8-14(16)13-6-5-7-13/h1-4,8-11,13,17,19-20H,5-7,12H2. The minimum atomic E-state index is -0.377. The Bertz CT molecular complexity index is 648. The molecule has 2 aliphatic rings. The van der Waals surface area contributed by atoms with E-state index in [9.17, 15) is 5.11 Å². The lowest BCUT2D eigenvalue weighted by Crippen LogP contribution is -2.17. The second-order valence-electron chi connectivity index (χ2n) is 6.16. The van der Waals surface area contributed by atoms with E-state index in [1.54, 1.807) is 0 Å². The first-order chi connectivity index (χ1) is 10.3. The van der Waals surface area contributed by atoms with Crippen LogP contribution in [0.15, 0.2) is 53.4 Å². The Balaban J connectivity index is 1.68. The lowest BCUT2D eigenvalue weighted by atomic mass is 9.76. The van der Waals surface area contributed by atoms with E-state index in [0.29, 0.717) is 5.92 Å². The van der Waals surface area contributed by atoms with Gasteiger partial charge in [-0.1, -0.05) is 48.9 Å². The Morgan fingerprint density at radius 1 is 0.952 bits per heavy atom. The first-order valence-corrected chi connectivity index (χ1v) is 8.82. The zero-order valence-corrected chi connectivity index (χ0v) is 12.9. The molecule has 4 rings (SSSR count). The number of hydrogen-bond acceptors (Lipinski definition) is 2. The molecule has 0 spiro atoms. The summed E-state index contributed by atoms with van der Waals surface area (Å²) in [6, 6.07) is 17.0. The molecule has 0 bridgehead atoms. The van der Waals surface area contributed by atoms with Crippen molar-refractivity contribution in [3.63, 3.8) is 0 Å². The predicted molar refractivity (Wildman–Crippen MR) is 87.9 cm³/mol. The fourth-order valence-electron chi connectivity index (χ4n) is 3.54. The van der Waals surface area contributed by atoms with Gasteiger partial charge in [-0.15, -0.1) is 11.8 Å². The number of fused-ring (bicyclic) bond motifs is 1. The van der Waals surface area contributed by atoms with E-state index >= 15 is 0 Å². The van der Waals surface area contributed by atoms with Crippen LogP contribution < -0.4 is 0 Å². The van der Waals surface area contributed by atoms with Crippen LogP contribution in [0.3, 0.4) is 0 Å². The summed E-state index contributed by atoms with van der Waals surface area (Å²) in [5, 5.41) is 11.0. The van der Waals surface area contributed by atoms with Crippen LogP contribution in [0.25, 0.3) is 0 Å². The van der Waals surface area contributed by atoms with Crippen molar-refractivity contribution in [3.8, 4) is 0 Å². The number of rotatable bonds is 3. The van der Waals surface area contributed by atoms with Gasteiger partial charge in [0, 0.05) is 16.6 Å². The average Bonchev–Trinajstić information content (AvgIpc) is 2.89. The molecule has 1 aliphatic carbocycles. The van der Waals surface area contributed by atoms with Gasteiger partial charge in [0.25, 0.3) is 0 Å². The minimum Gasteiger partial charge on any atom is -0.388 e. The molecular weight excluding hydrogens is 276 g/mol. The van der Waals surface area contributed by atoms with Crippen molar-refractivity contribution in [3.05, 3.63) is 65.2 Å². The van der Waals surface area contributed by atoms with Crippen molar-refractivity contribution >= 4 is 11.8 Å². The summed E-state index contributed by atoms with van der Waals surface area (Å²) < 4.78 is 0. The van der Waals surface area contributed by atoms with Crippen LogP contribution in [0.1, 0.15) is 53.9 Å². The maximum absolute atomic E-state index is 11.0. The summed E-state index contributed by atoms with van der Waals surface area (Å²) in [5.41, 5.74) is 3.86. The summed E-state index contributed by atoms with van der Waals surface area (Å²) in [5.74, 6) is 1.88. The van der Waals surface area contributed by atoms with Crippen molar-refractivity contribution in [1.82, 2.24) is 0 Å². The van der Waals surface area contributed by atoms with E-state index in [0.717, 1.165) is 11.3 Å². The molecule has 2 aromatic rings. The average molecular weight is 296 g/mol. The first kappa shape index (κ1) is 13.4. The van der Waals surface area contributed by atoms with E-state index in [1.165, 1.54) is 35.3 Å². The largest absolute Gasteiger partial charge is 0.388 e. The third-order valence-corrected chi connectivity index (χ3v) is 6.19. The maximum atomic E-state index is 11.0. The quantitative estimate of drug-likeness (QED) is 0.871. The monoisotopic (exact) mass is 296 g/mol. The van der Waals surface area contributed by atoms with Gasteiger partial charge in [-0.2, -0.15) is 0 Å². The molecule has 2 aromatic carbocycles. The Labute approximate surface area is 130 Å². The molecule has 1 saturated carbocycles. The highest BCUT2D eigenvalue weighted by Gasteiger charge is 2.32. The van der Waals surface area contributed by atoms with Crippen molar-refractivity contribution in [1.29, 1.82) is 0 Å². The Morgan fingerprint density at radius 3 is 2.43 bits per heavy atom. The normalized spacial score (nSPS) is 22.6. The minimum absolute atomic E-state index is 0.229. The Morgan fingerprint density at radius 2 is 1.67 bits per heavy atom. The van der Waals surface area contributed by atoms with Crippen molar-refractivity contribution in [2.75, 3.05) is 5.75 Å². The number of thioether (sulfide) groups is 1. The van der Waals surface area contributed by atoms with Gasteiger partial charge in [0.05, 0.1) is 6.10 Å². The van der Waals surface area contributed by atoms with Crippen molar-refractivity contribution in [2.24, 2.45) is 0 Å². The number of aliphatic hydroxyl groups is 1. The van der Waals surface area contributed by atoms with Crippen LogP contribution >= 0.6 is 11.8 Å². The molecule has 2 unspecified atom stereocenters. The van der Waals surface area contributed by atoms with E-state index in [2.05, 4.69) is 48.5 Å². The van der Waals surface area contributed by atoms with Crippen LogP contribution in [0.2, 0.25) is 0 Å². The first-order valence-electron chi connectivity index (χ1n) is 7.83. The van der Waals surface area contributed by atoms with Crippen LogP contribution in [0, 0.1) is 0 Å². The number of benzene rings is 2. The maximum Gasteiger partial charge on any atom is 0.0869 e. The lowest BCUT2D eigenvalue weighted by Gasteiger charge is -2.30. The molecule has 2 heteroatoms. The zero-order chi connectivity index (χ0) is 14.2. The van der Waals surface area contributed by atoms with Gasteiger partial charge < -0.3 is 5.11 Å². The Hall–Kier alpha value is -1.25. The smallest absolute Gasteiger partial charge is 0.0869 e. The fraction of sp³-hybridized carbons (Fsp3) is 0.368. The van der Waals surface area contributed by atoms with Gasteiger partial charge >= 0.3 is 0 Å². The highest BCUT2D eigenvalue weighted by Crippen LogP contribution is 2.48. The summed E-state index contributed by atoms with van der Waals surface area (Å²) in [7, 11) is 0. The molecular formula is C19H20OS. The molecule has 1 fully saturated rings. The molecule has 1 nitrogen and oxygen atoms in total. The van der Waals surface area contributed by atoms with Crippen molar-refractivity contribution < 1.29 is 5.11 Å². The summed E-state index contributed by atoms with van der Waals surface area (Å²) >= 11 is 1.87. The fourth-order valence-corrected chi connectivity index (χ4v) is 4.82. The molecule has 1 N–H and O–H groups in total. The second kappa shape index (κ2) is 5.51. The van der Waals surface area contributed by atoms with Crippen LogP contribution in [0.4, 0.5) is 0 Å². The molecule has 21 heavy (non-hydrogen) atoms. The highest BCUT2D eigenvalue weighted by atomic mass is 32.2. The van der Waals surface area contributed by atoms with Crippen molar-refractivity contribution in [2.45, 2.75) is 42.1 Å². The summed E-state index contributed by atoms with van der Waals surface area (Å²) in [6.45, 7) is 0. The van der Waals surface area contributed by atoms with E-state index in [1.807, 2.05) is 11.8 Å². The second-order valence-corrected chi connectivity index (χ2v) is 7.22. The van der Waals surface area contributed by atoms with Crippen LogP contribution in [-0.4, -0.2) is 10.9 Å². The summed E-state index contributed by atoms with van der Waals surface area (Å²) in [6.07, 6.45) is 3.51. The number of hydrogen-bond donors (Lipinski definition) is 1. The van der Waals surface area contributed by atoms with Gasteiger partial charge in [-0.25, -0.2) is 0 Å². The molecule has 2 atom stereocenters. The predicted octanol–water partition coefficient (Wildman–Crippen LogP) is 4.88. The van der Waals surface area contributed by atoms with E-state index in [4.69, 9.17) is 0 Å². The van der Waals surface area contributed by atoms with Gasteiger partial charge in [0.15, 0.2) is 0 Å². The van der Waals surface area contributed by atoms with Crippen LogP contribution in [0.5, 0.6) is 0 Å². The summed E-state index contributed by atoms with van der Waals surface area (Å²) in [4.78, 5) is 1.34. The van der Waals surface area contributed by atoms with Gasteiger partial charge in [-0.05, 0) is 41.5 Å². The Kier molecular flexibility index (Phi) is 3.52. The molecule has 108 valence electrons. The molecule has 1 aliphatic heterocycles. The molecule has 0 amide bonds. The van der Waals surface area contributed by atoms with Gasteiger partial charge in [-0.3, -0.25) is 0 Å². The van der Waals surface area contributed by atoms with Crippen LogP contribution in [-0.2, 0) is 0 Å². The van der Waals surface area contributed by atoms with E-state index < -0.39 is 0 Å². The van der Waals surface area contributed by atoms with Gasteiger partial charge in [0.1, 0.15) is 0 Å². The topological polar surface area (TPSA) is 20.2 Å². The third kappa shape index (κ3) is 2.31. The number of aliphatic hydroxyl groups excluding tert-OH is 1. The molecule has 0 saturated heterocycles. The lowest BCUT2D eigenvalue weighted by molar-refractivity contribution is 0.151. The molecule has 0 aromatic heterocycles. The highest BCUT2D eigenvalue weighted by molar-refractivity contribution is 7.99.